The summed E-state index contributed by atoms with van der Waals surface area (Å²) in [5.74, 6) is 0.0129. The molecule has 1 rings (SSSR count). The minimum absolute atomic E-state index is 0.241. The summed E-state index contributed by atoms with van der Waals surface area (Å²) >= 11 is 0. The third kappa shape index (κ3) is 8.28. The Morgan fingerprint density at radius 2 is 1.64 bits per heavy atom. The second kappa shape index (κ2) is 8.09. The van der Waals surface area contributed by atoms with Crippen LogP contribution in [0.2, 0.25) is 0 Å². The Balaban J connectivity index is 2.50. The predicted octanol–water partition coefficient (Wildman–Crippen LogP) is 3.13. The standard InChI is InChI=1S/C18H28N2O5/c1-17(2,3)24-15(21)13-8-7-12(11-14(13)19)23-10-9-20-16(22)25-18(4,5)6/h7-8,11H,9-10,19H2,1-6H3,(H,20,22). The number of esters is 1. The van der Waals surface area contributed by atoms with Crippen molar-refractivity contribution in [2.24, 2.45) is 0 Å². The molecule has 7 heteroatoms. The van der Waals surface area contributed by atoms with E-state index in [-0.39, 0.29) is 24.4 Å². The molecule has 0 atom stereocenters. The SMILES string of the molecule is CC(C)(C)OC(=O)NCCOc1ccc(C(=O)OC(C)(C)C)c(N)c1. The number of carbonyl (C=O) groups is 2. The molecule has 0 saturated heterocycles. The van der Waals surface area contributed by atoms with Crippen LogP contribution in [0.25, 0.3) is 0 Å². The molecule has 0 saturated carbocycles. The summed E-state index contributed by atoms with van der Waals surface area (Å²) in [6.45, 7) is 11.3. The Labute approximate surface area is 148 Å². The fourth-order valence-corrected chi connectivity index (χ4v) is 1.79. The van der Waals surface area contributed by atoms with Crippen molar-refractivity contribution in [3.8, 4) is 5.75 Å². The molecule has 7 nitrogen and oxygen atoms in total. The minimum Gasteiger partial charge on any atom is -0.492 e. The van der Waals surface area contributed by atoms with Gasteiger partial charge in [0.05, 0.1) is 12.1 Å². The summed E-state index contributed by atoms with van der Waals surface area (Å²) in [7, 11) is 0. The van der Waals surface area contributed by atoms with Crippen LogP contribution in [-0.4, -0.2) is 36.4 Å². The lowest BCUT2D eigenvalue weighted by atomic mass is 10.1. The average molecular weight is 352 g/mol. The molecule has 3 N–H and O–H groups in total. The van der Waals surface area contributed by atoms with E-state index in [1.165, 1.54) is 0 Å². The largest absolute Gasteiger partial charge is 0.492 e. The molecule has 1 amide bonds. The number of nitrogen functional groups attached to an aromatic ring is 1. The Morgan fingerprint density at radius 3 is 2.16 bits per heavy atom. The summed E-state index contributed by atoms with van der Waals surface area (Å²) < 4.78 is 15.9. The normalized spacial score (nSPS) is 11.6. The van der Waals surface area contributed by atoms with E-state index in [9.17, 15) is 9.59 Å². The van der Waals surface area contributed by atoms with Gasteiger partial charge in [0.15, 0.2) is 0 Å². The van der Waals surface area contributed by atoms with E-state index in [1.54, 1.807) is 59.7 Å². The maximum atomic E-state index is 12.0. The lowest BCUT2D eigenvalue weighted by Gasteiger charge is -2.20. The van der Waals surface area contributed by atoms with Crippen LogP contribution < -0.4 is 15.8 Å². The van der Waals surface area contributed by atoms with Gasteiger partial charge in [-0.1, -0.05) is 0 Å². The van der Waals surface area contributed by atoms with Gasteiger partial charge < -0.3 is 25.3 Å². The molecule has 0 aliphatic heterocycles. The highest BCUT2D eigenvalue weighted by Crippen LogP contribution is 2.22. The molecule has 25 heavy (non-hydrogen) atoms. The Morgan fingerprint density at radius 1 is 1.04 bits per heavy atom. The zero-order valence-corrected chi connectivity index (χ0v) is 15.8. The number of nitrogens with two attached hydrogens (primary N) is 1. The summed E-state index contributed by atoms with van der Waals surface area (Å²) in [6.07, 6.45) is -0.504. The number of amides is 1. The first-order valence-electron chi connectivity index (χ1n) is 8.10. The first-order valence-corrected chi connectivity index (χ1v) is 8.10. The van der Waals surface area contributed by atoms with E-state index in [0.29, 0.717) is 5.75 Å². The summed E-state index contributed by atoms with van der Waals surface area (Å²) in [6, 6.07) is 4.73. The van der Waals surface area contributed by atoms with Crippen molar-refractivity contribution in [3.63, 3.8) is 0 Å². The van der Waals surface area contributed by atoms with Crippen LogP contribution in [0.1, 0.15) is 51.9 Å². The molecular formula is C18H28N2O5. The van der Waals surface area contributed by atoms with Crippen LogP contribution in [0.4, 0.5) is 10.5 Å². The number of carbonyl (C=O) groups excluding carboxylic acids is 2. The molecule has 140 valence electrons. The molecule has 0 unspecified atom stereocenters. The van der Waals surface area contributed by atoms with Gasteiger partial charge in [-0.2, -0.15) is 0 Å². The summed E-state index contributed by atoms with van der Waals surface area (Å²) in [5.41, 5.74) is 5.31. The number of ether oxygens (including phenoxy) is 3. The maximum absolute atomic E-state index is 12.0. The summed E-state index contributed by atoms with van der Waals surface area (Å²) in [5, 5.41) is 2.59. The van der Waals surface area contributed by atoms with Crippen LogP contribution in [0, 0.1) is 0 Å². The molecule has 1 aromatic rings. The monoisotopic (exact) mass is 352 g/mol. The van der Waals surface area contributed by atoms with Crippen molar-refractivity contribution in [2.45, 2.75) is 52.7 Å². The van der Waals surface area contributed by atoms with Crippen molar-refractivity contribution < 1.29 is 23.8 Å². The minimum atomic E-state index is -0.591. The number of alkyl carbamates (subject to hydrolysis) is 1. The molecule has 0 bridgehead atoms. The Kier molecular flexibility index (Phi) is 6.67. The molecular weight excluding hydrogens is 324 g/mol. The van der Waals surface area contributed by atoms with Crippen LogP contribution >= 0.6 is 0 Å². The zero-order valence-electron chi connectivity index (χ0n) is 15.8. The third-order valence-corrected chi connectivity index (χ3v) is 2.68. The van der Waals surface area contributed by atoms with Gasteiger partial charge in [0.2, 0.25) is 0 Å². The lowest BCUT2D eigenvalue weighted by Crippen LogP contribution is -2.34. The van der Waals surface area contributed by atoms with Crippen molar-refractivity contribution in [3.05, 3.63) is 23.8 Å². The highest BCUT2D eigenvalue weighted by atomic mass is 16.6. The first-order chi connectivity index (χ1) is 11.4. The first kappa shape index (κ1) is 20.6. The number of hydrogen-bond acceptors (Lipinski definition) is 6. The van der Waals surface area contributed by atoms with Crippen LogP contribution in [0.3, 0.4) is 0 Å². The van der Waals surface area contributed by atoms with E-state index in [4.69, 9.17) is 19.9 Å². The topological polar surface area (TPSA) is 99.9 Å². The molecule has 0 aromatic heterocycles. The Hall–Kier alpha value is -2.44. The quantitative estimate of drug-likeness (QED) is 0.480. The fraction of sp³-hybridized carbons (Fsp3) is 0.556. The second-order valence-electron chi connectivity index (χ2n) is 7.53. The van der Waals surface area contributed by atoms with E-state index in [2.05, 4.69) is 5.32 Å². The number of nitrogens with one attached hydrogen (secondary N) is 1. The van der Waals surface area contributed by atoms with Crippen molar-refractivity contribution in [2.75, 3.05) is 18.9 Å². The molecule has 0 aliphatic rings. The number of hydrogen-bond donors (Lipinski definition) is 2. The van der Waals surface area contributed by atoms with Gasteiger partial charge in [-0.3, -0.25) is 0 Å². The van der Waals surface area contributed by atoms with Crippen LogP contribution in [0.15, 0.2) is 18.2 Å². The molecule has 0 fully saturated rings. The summed E-state index contributed by atoms with van der Waals surface area (Å²) in [4.78, 5) is 23.5. The van der Waals surface area contributed by atoms with Gasteiger partial charge in [0.1, 0.15) is 23.6 Å². The highest BCUT2D eigenvalue weighted by molar-refractivity contribution is 5.95. The smallest absolute Gasteiger partial charge is 0.407 e. The van der Waals surface area contributed by atoms with Crippen molar-refractivity contribution in [1.29, 1.82) is 0 Å². The van der Waals surface area contributed by atoms with Gasteiger partial charge in [0, 0.05) is 11.8 Å². The van der Waals surface area contributed by atoms with Gasteiger partial charge in [0.25, 0.3) is 0 Å². The third-order valence-electron chi connectivity index (χ3n) is 2.68. The van der Waals surface area contributed by atoms with Gasteiger partial charge >= 0.3 is 12.1 Å². The van der Waals surface area contributed by atoms with Gasteiger partial charge in [-0.05, 0) is 53.7 Å². The average Bonchev–Trinajstić information content (AvgIpc) is 2.39. The Bertz CT molecular complexity index is 615. The lowest BCUT2D eigenvalue weighted by molar-refractivity contribution is 0.00704. The van der Waals surface area contributed by atoms with E-state index >= 15 is 0 Å². The van der Waals surface area contributed by atoms with E-state index < -0.39 is 23.3 Å². The van der Waals surface area contributed by atoms with Crippen molar-refractivity contribution in [1.82, 2.24) is 5.32 Å². The molecule has 0 heterocycles. The number of anilines is 1. The zero-order chi connectivity index (χ0) is 19.3. The maximum Gasteiger partial charge on any atom is 0.407 e. The van der Waals surface area contributed by atoms with Gasteiger partial charge in [-0.15, -0.1) is 0 Å². The number of benzene rings is 1. The molecule has 0 radical (unpaired) electrons. The van der Waals surface area contributed by atoms with E-state index in [0.717, 1.165) is 0 Å². The molecule has 1 aromatic carbocycles. The fourth-order valence-electron chi connectivity index (χ4n) is 1.79. The number of rotatable bonds is 5. The molecule has 0 aliphatic carbocycles. The second-order valence-corrected chi connectivity index (χ2v) is 7.53. The van der Waals surface area contributed by atoms with E-state index in [1.807, 2.05) is 0 Å². The predicted molar refractivity (Wildman–Crippen MR) is 95.8 cm³/mol. The highest BCUT2D eigenvalue weighted by Gasteiger charge is 2.20. The van der Waals surface area contributed by atoms with Crippen LogP contribution in [-0.2, 0) is 9.47 Å². The van der Waals surface area contributed by atoms with Crippen molar-refractivity contribution >= 4 is 17.7 Å². The molecule has 0 spiro atoms. The van der Waals surface area contributed by atoms with Crippen LogP contribution in [0.5, 0.6) is 5.75 Å². The van der Waals surface area contributed by atoms with Gasteiger partial charge in [-0.25, -0.2) is 9.59 Å².